The molecule has 5 nitrogen and oxygen atoms in total. The van der Waals surface area contributed by atoms with Crippen molar-refractivity contribution in [1.82, 2.24) is 10.6 Å². The number of hydrogen-bond acceptors (Lipinski definition) is 4. The van der Waals surface area contributed by atoms with E-state index in [1.807, 2.05) is 30.3 Å². The number of halogens is 2. The van der Waals surface area contributed by atoms with E-state index in [1.165, 1.54) is 0 Å². The largest absolute Gasteiger partial charge is 0.508 e. The summed E-state index contributed by atoms with van der Waals surface area (Å²) in [5, 5.41) is 28.2. The summed E-state index contributed by atoms with van der Waals surface area (Å²) in [5.74, 6) is -0.548. The van der Waals surface area contributed by atoms with E-state index < -0.39 is 17.4 Å². The van der Waals surface area contributed by atoms with Crippen LogP contribution < -0.4 is 10.6 Å². The van der Waals surface area contributed by atoms with Gasteiger partial charge in [-0.2, -0.15) is 5.26 Å². The van der Waals surface area contributed by atoms with Crippen molar-refractivity contribution >= 4 is 29.1 Å². The van der Waals surface area contributed by atoms with Gasteiger partial charge in [0.15, 0.2) is 0 Å². The van der Waals surface area contributed by atoms with Crippen molar-refractivity contribution in [2.24, 2.45) is 5.41 Å². The topological polar surface area (TPSA) is 85.2 Å². The van der Waals surface area contributed by atoms with E-state index in [-0.39, 0.29) is 23.1 Å². The number of benzene rings is 3. The average molecular weight is 537 g/mol. The Morgan fingerprint density at radius 3 is 2.32 bits per heavy atom. The van der Waals surface area contributed by atoms with Gasteiger partial charge in [-0.05, 0) is 64.9 Å². The molecule has 1 fully saturated rings. The van der Waals surface area contributed by atoms with Gasteiger partial charge in [0.25, 0.3) is 0 Å². The highest BCUT2D eigenvalue weighted by Gasteiger charge is 2.59. The molecule has 3 aromatic carbocycles. The number of hydrogen-bond donors (Lipinski definition) is 3. The molecule has 7 heteroatoms. The van der Waals surface area contributed by atoms with Gasteiger partial charge in [0.2, 0.25) is 5.91 Å². The van der Waals surface area contributed by atoms with Crippen LogP contribution in [0.1, 0.15) is 49.8 Å². The van der Waals surface area contributed by atoms with Crippen LogP contribution in [0.4, 0.5) is 0 Å². The molecule has 4 rings (SSSR count). The predicted molar refractivity (Wildman–Crippen MR) is 148 cm³/mol. The SMILES string of the molecule is CC(C)(C)C[C@@H]1N[C@@H](C(=O)NCc2ccc(O)cc2)[C@H](c2cccc(Cl)c2)[C@@]1(C#N)c1ccc(Cl)cc1. The Kier molecular flexibility index (Phi) is 7.85. The smallest absolute Gasteiger partial charge is 0.238 e. The first-order chi connectivity index (χ1) is 17.5. The number of carbonyl (C=O) groups excluding carboxylic acids is 1. The van der Waals surface area contributed by atoms with Crippen LogP contribution in [0.15, 0.2) is 72.8 Å². The summed E-state index contributed by atoms with van der Waals surface area (Å²) in [6, 6.07) is 23.1. The molecule has 1 amide bonds. The highest BCUT2D eigenvalue weighted by molar-refractivity contribution is 6.30. The molecule has 0 bridgehead atoms. The Morgan fingerprint density at radius 1 is 1.05 bits per heavy atom. The summed E-state index contributed by atoms with van der Waals surface area (Å²) in [6.07, 6.45) is 0.669. The van der Waals surface area contributed by atoms with E-state index in [9.17, 15) is 15.2 Å². The van der Waals surface area contributed by atoms with Crippen LogP contribution in [0.25, 0.3) is 0 Å². The molecule has 0 radical (unpaired) electrons. The van der Waals surface area contributed by atoms with Crippen LogP contribution in [0.3, 0.4) is 0 Å². The fourth-order valence-corrected chi connectivity index (χ4v) is 5.69. The molecular weight excluding hydrogens is 505 g/mol. The highest BCUT2D eigenvalue weighted by Crippen LogP contribution is 2.51. The number of rotatable bonds is 6. The number of nitrogens with zero attached hydrogens (tertiary/aromatic N) is 1. The number of phenols is 1. The Labute approximate surface area is 228 Å². The summed E-state index contributed by atoms with van der Waals surface area (Å²) in [4.78, 5) is 13.8. The van der Waals surface area contributed by atoms with Crippen molar-refractivity contribution < 1.29 is 9.90 Å². The van der Waals surface area contributed by atoms with Crippen LogP contribution >= 0.6 is 23.2 Å². The van der Waals surface area contributed by atoms with Crippen LogP contribution in [-0.4, -0.2) is 23.1 Å². The number of nitrogens with one attached hydrogen (secondary N) is 2. The van der Waals surface area contributed by atoms with E-state index in [0.29, 0.717) is 23.0 Å². The van der Waals surface area contributed by atoms with E-state index in [4.69, 9.17) is 23.2 Å². The number of aromatic hydroxyl groups is 1. The zero-order valence-electron chi connectivity index (χ0n) is 21.1. The molecule has 1 aliphatic heterocycles. The zero-order chi connectivity index (χ0) is 26.8. The fourth-order valence-electron chi connectivity index (χ4n) is 5.37. The number of carbonyl (C=O) groups is 1. The second-order valence-electron chi connectivity index (χ2n) is 10.9. The number of amides is 1. The molecule has 0 aliphatic carbocycles. The summed E-state index contributed by atoms with van der Waals surface area (Å²) in [5.41, 5.74) is 1.32. The average Bonchev–Trinajstić information content (AvgIpc) is 3.17. The molecular formula is C30H31Cl2N3O2. The molecule has 37 heavy (non-hydrogen) atoms. The fraction of sp³-hybridized carbons (Fsp3) is 0.333. The molecule has 4 atom stereocenters. The molecule has 0 spiro atoms. The third kappa shape index (κ3) is 5.78. The van der Waals surface area contributed by atoms with Crippen molar-refractivity contribution in [3.05, 3.63) is 99.5 Å². The van der Waals surface area contributed by atoms with E-state index in [0.717, 1.165) is 16.7 Å². The van der Waals surface area contributed by atoms with Gasteiger partial charge in [-0.3, -0.25) is 4.79 Å². The monoisotopic (exact) mass is 535 g/mol. The first-order valence-corrected chi connectivity index (χ1v) is 13.0. The van der Waals surface area contributed by atoms with Crippen LogP contribution in [0.5, 0.6) is 5.75 Å². The molecule has 1 saturated heterocycles. The molecule has 0 saturated carbocycles. The highest BCUT2D eigenvalue weighted by atomic mass is 35.5. The number of nitriles is 1. The minimum atomic E-state index is -1.05. The molecule has 3 aromatic rings. The predicted octanol–water partition coefficient (Wildman–Crippen LogP) is 6.34. The maximum atomic E-state index is 13.8. The van der Waals surface area contributed by atoms with Crippen molar-refractivity contribution in [1.29, 1.82) is 5.26 Å². The lowest BCUT2D eigenvalue weighted by Gasteiger charge is -2.37. The van der Waals surface area contributed by atoms with Gasteiger partial charge < -0.3 is 15.7 Å². The van der Waals surface area contributed by atoms with E-state index in [2.05, 4.69) is 37.5 Å². The summed E-state index contributed by atoms with van der Waals surface area (Å²) in [7, 11) is 0. The Hall–Kier alpha value is -3.04. The van der Waals surface area contributed by atoms with Crippen molar-refractivity contribution in [2.75, 3.05) is 0 Å². The Balaban J connectivity index is 1.81. The minimum absolute atomic E-state index is 0.109. The maximum Gasteiger partial charge on any atom is 0.238 e. The molecule has 192 valence electrons. The van der Waals surface area contributed by atoms with Gasteiger partial charge in [-0.1, -0.05) is 80.4 Å². The van der Waals surface area contributed by atoms with Gasteiger partial charge in [0, 0.05) is 28.5 Å². The van der Waals surface area contributed by atoms with Crippen molar-refractivity contribution in [2.45, 2.75) is 57.2 Å². The molecule has 1 aliphatic rings. The second kappa shape index (κ2) is 10.8. The summed E-state index contributed by atoms with van der Waals surface area (Å²) < 4.78 is 0. The molecule has 0 unspecified atom stereocenters. The summed E-state index contributed by atoms with van der Waals surface area (Å²) >= 11 is 12.6. The molecule has 0 aromatic heterocycles. The lowest BCUT2D eigenvalue weighted by Crippen LogP contribution is -2.45. The van der Waals surface area contributed by atoms with Gasteiger partial charge in [-0.15, -0.1) is 0 Å². The van der Waals surface area contributed by atoms with E-state index in [1.54, 1.807) is 42.5 Å². The van der Waals surface area contributed by atoms with E-state index >= 15 is 0 Å². The maximum absolute atomic E-state index is 13.8. The van der Waals surface area contributed by atoms with Crippen LogP contribution in [0.2, 0.25) is 10.0 Å². The third-order valence-corrected chi connectivity index (χ3v) is 7.46. The second-order valence-corrected chi connectivity index (χ2v) is 11.7. The van der Waals surface area contributed by atoms with Gasteiger partial charge >= 0.3 is 0 Å². The normalized spacial score (nSPS) is 23.4. The van der Waals surface area contributed by atoms with Gasteiger partial charge in [-0.25, -0.2) is 0 Å². The number of phenolic OH excluding ortho intramolecular Hbond substituents is 1. The first-order valence-electron chi connectivity index (χ1n) is 12.3. The Bertz CT molecular complexity index is 1300. The molecule has 3 N–H and O–H groups in total. The third-order valence-electron chi connectivity index (χ3n) is 6.97. The molecule has 1 heterocycles. The zero-order valence-corrected chi connectivity index (χ0v) is 22.6. The van der Waals surface area contributed by atoms with Crippen LogP contribution in [0, 0.1) is 16.7 Å². The van der Waals surface area contributed by atoms with Crippen molar-refractivity contribution in [3.63, 3.8) is 0 Å². The lowest BCUT2D eigenvalue weighted by molar-refractivity contribution is -0.123. The lowest BCUT2D eigenvalue weighted by atomic mass is 9.63. The minimum Gasteiger partial charge on any atom is -0.508 e. The van der Waals surface area contributed by atoms with Crippen molar-refractivity contribution in [3.8, 4) is 11.8 Å². The quantitative estimate of drug-likeness (QED) is 0.343. The first kappa shape index (κ1) is 27.0. The van der Waals surface area contributed by atoms with Crippen LogP contribution in [-0.2, 0) is 16.8 Å². The van der Waals surface area contributed by atoms with Gasteiger partial charge in [0.1, 0.15) is 11.2 Å². The Morgan fingerprint density at radius 2 is 1.73 bits per heavy atom. The standard InChI is InChI=1S/C30H31Cl2N3O2/c1-29(2,3)16-25-30(18-33,21-9-11-22(31)12-10-21)26(20-5-4-6-23(32)15-20)27(35-25)28(37)34-17-19-7-13-24(36)14-8-19/h4-15,25-27,35-36H,16-17H2,1-3H3,(H,34,37)/t25-,26-,27+,30-/m0/s1. The van der Waals surface area contributed by atoms with Gasteiger partial charge in [0.05, 0.1) is 12.1 Å². The summed E-state index contributed by atoms with van der Waals surface area (Å²) in [6.45, 7) is 6.69.